The van der Waals surface area contributed by atoms with Crippen LogP contribution in [0.25, 0.3) is 22.4 Å². The molecular formula is C13H7F6N5O. The molecule has 6 nitrogen and oxygen atoms in total. The van der Waals surface area contributed by atoms with Crippen molar-refractivity contribution in [3.05, 3.63) is 30.2 Å². The molecule has 0 amide bonds. The van der Waals surface area contributed by atoms with Crippen LogP contribution in [0.15, 0.2) is 24.5 Å². The van der Waals surface area contributed by atoms with E-state index in [-0.39, 0.29) is 22.4 Å². The van der Waals surface area contributed by atoms with Crippen molar-refractivity contribution < 1.29 is 31.1 Å². The molecule has 0 radical (unpaired) electrons. The number of alkyl halides is 6. The van der Waals surface area contributed by atoms with E-state index >= 15 is 0 Å². The molecule has 0 aliphatic rings. The number of hydrogen-bond acceptors (Lipinski definition) is 5. The van der Waals surface area contributed by atoms with Gasteiger partial charge in [0.25, 0.3) is 6.43 Å². The quantitative estimate of drug-likeness (QED) is 0.645. The summed E-state index contributed by atoms with van der Waals surface area (Å²) in [5.41, 5.74) is -1.26. The van der Waals surface area contributed by atoms with Gasteiger partial charge in [0.1, 0.15) is 11.2 Å². The van der Waals surface area contributed by atoms with Gasteiger partial charge in [0.05, 0.1) is 23.7 Å². The van der Waals surface area contributed by atoms with E-state index in [0.717, 1.165) is 24.5 Å². The molecule has 0 saturated heterocycles. The number of fused-ring (bicyclic) bond motifs is 1. The number of ether oxygens (including phenoxy) is 1. The van der Waals surface area contributed by atoms with E-state index in [4.69, 9.17) is 0 Å². The zero-order chi connectivity index (χ0) is 18.1. The molecule has 0 aliphatic heterocycles. The average molecular weight is 363 g/mol. The van der Waals surface area contributed by atoms with Gasteiger partial charge in [-0.2, -0.15) is 27.3 Å². The summed E-state index contributed by atoms with van der Waals surface area (Å²) in [6.45, 7) is -6.25. The standard InChI is InChI=1S/C13H7F6N5O/c14-9(15)6-2-1-5(11(23-6)25-13(18)19)7-3-20-10-8(22-7)4-21-24(10)12(16)17/h1-4,9,12-13H. The smallest absolute Gasteiger partial charge is 0.388 e. The Labute approximate surface area is 135 Å². The van der Waals surface area contributed by atoms with Crippen molar-refractivity contribution in [1.29, 1.82) is 0 Å². The van der Waals surface area contributed by atoms with Crippen molar-refractivity contribution in [3.63, 3.8) is 0 Å². The largest absolute Gasteiger partial charge is 0.416 e. The highest BCUT2D eigenvalue weighted by atomic mass is 19.3. The topological polar surface area (TPSA) is 65.7 Å². The van der Waals surface area contributed by atoms with E-state index in [2.05, 4.69) is 24.8 Å². The Bertz CT molecular complexity index is 900. The fourth-order valence-electron chi connectivity index (χ4n) is 2.05. The van der Waals surface area contributed by atoms with Crippen LogP contribution < -0.4 is 4.74 Å². The number of hydrogen-bond donors (Lipinski definition) is 0. The van der Waals surface area contributed by atoms with Crippen molar-refractivity contribution in [3.8, 4) is 17.1 Å². The lowest BCUT2D eigenvalue weighted by Crippen LogP contribution is -2.07. The second-order valence-electron chi connectivity index (χ2n) is 4.60. The first-order valence-electron chi connectivity index (χ1n) is 6.59. The summed E-state index contributed by atoms with van der Waals surface area (Å²) in [5, 5.41) is 3.41. The highest BCUT2D eigenvalue weighted by Crippen LogP contribution is 2.31. The van der Waals surface area contributed by atoms with Crippen LogP contribution in [0.1, 0.15) is 18.7 Å². The predicted octanol–water partition coefficient (Wildman–Crippen LogP) is 3.82. The Morgan fingerprint density at radius 3 is 2.36 bits per heavy atom. The van der Waals surface area contributed by atoms with Crippen molar-refractivity contribution in [1.82, 2.24) is 24.7 Å². The van der Waals surface area contributed by atoms with E-state index in [1.807, 2.05) is 0 Å². The highest BCUT2D eigenvalue weighted by Gasteiger charge is 2.20. The molecule has 3 heterocycles. The van der Waals surface area contributed by atoms with Crippen molar-refractivity contribution in [2.75, 3.05) is 0 Å². The van der Waals surface area contributed by atoms with Gasteiger partial charge in [-0.15, -0.1) is 0 Å². The SMILES string of the molecule is FC(F)Oc1nc(C(F)F)ccc1-c1cnc2c(cnn2C(F)F)n1. The third kappa shape index (κ3) is 3.32. The lowest BCUT2D eigenvalue weighted by molar-refractivity contribution is -0.0528. The normalized spacial score (nSPS) is 11.9. The van der Waals surface area contributed by atoms with Crippen molar-refractivity contribution in [2.24, 2.45) is 0 Å². The Morgan fingerprint density at radius 2 is 1.72 bits per heavy atom. The maximum Gasteiger partial charge on any atom is 0.388 e. The first-order valence-corrected chi connectivity index (χ1v) is 6.59. The zero-order valence-electron chi connectivity index (χ0n) is 12.0. The van der Waals surface area contributed by atoms with Crippen LogP contribution in [0.5, 0.6) is 5.88 Å². The minimum absolute atomic E-state index is 0.0428. The van der Waals surface area contributed by atoms with E-state index in [1.165, 1.54) is 0 Å². The summed E-state index contributed by atoms with van der Waals surface area (Å²) in [5.74, 6) is -0.775. The minimum Gasteiger partial charge on any atom is -0.416 e. The molecule has 0 aromatic carbocycles. The fourth-order valence-corrected chi connectivity index (χ4v) is 2.05. The van der Waals surface area contributed by atoms with Gasteiger partial charge in [0.15, 0.2) is 5.65 Å². The summed E-state index contributed by atoms with van der Waals surface area (Å²) < 4.78 is 80.3. The van der Waals surface area contributed by atoms with E-state index in [0.29, 0.717) is 4.68 Å². The molecule has 132 valence electrons. The summed E-state index contributed by atoms with van der Waals surface area (Å²) >= 11 is 0. The summed E-state index contributed by atoms with van der Waals surface area (Å²) in [6.07, 6.45) is -0.987. The maximum absolute atomic E-state index is 12.7. The van der Waals surface area contributed by atoms with Gasteiger partial charge in [0.2, 0.25) is 5.88 Å². The lowest BCUT2D eigenvalue weighted by Gasteiger charge is -2.11. The van der Waals surface area contributed by atoms with Crippen LogP contribution in [0.4, 0.5) is 26.3 Å². The first-order chi connectivity index (χ1) is 11.9. The van der Waals surface area contributed by atoms with Gasteiger partial charge in [-0.05, 0) is 12.1 Å². The summed E-state index contributed by atoms with van der Waals surface area (Å²) in [7, 11) is 0. The van der Waals surface area contributed by atoms with Gasteiger partial charge in [-0.3, -0.25) is 0 Å². The van der Waals surface area contributed by atoms with Crippen LogP contribution >= 0.6 is 0 Å². The Kier molecular flexibility index (Phi) is 4.42. The fraction of sp³-hybridized carbons (Fsp3) is 0.231. The van der Waals surface area contributed by atoms with Gasteiger partial charge in [0, 0.05) is 0 Å². The Morgan fingerprint density at radius 1 is 0.960 bits per heavy atom. The second kappa shape index (κ2) is 6.53. The molecule has 0 spiro atoms. The van der Waals surface area contributed by atoms with Crippen LogP contribution in [-0.2, 0) is 0 Å². The molecule has 0 aliphatic carbocycles. The molecule has 0 bridgehead atoms. The molecule has 0 saturated carbocycles. The van der Waals surface area contributed by atoms with Crippen LogP contribution in [0, 0.1) is 0 Å². The van der Waals surface area contributed by atoms with Crippen LogP contribution in [-0.4, -0.2) is 31.3 Å². The number of pyridine rings is 1. The minimum atomic E-state index is -3.31. The molecule has 0 atom stereocenters. The van der Waals surface area contributed by atoms with Gasteiger partial charge in [-0.25, -0.2) is 23.7 Å². The molecule has 0 unspecified atom stereocenters. The number of halogens is 6. The average Bonchev–Trinajstić information content (AvgIpc) is 2.97. The molecular weight excluding hydrogens is 356 g/mol. The lowest BCUT2D eigenvalue weighted by atomic mass is 10.2. The Balaban J connectivity index is 2.10. The summed E-state index contributed by atoms with van der Waals surface area (Å²) in [4.78, 5) is 11.1. The molecule has 12 heteroatoms. The summed E-state index contributed by atoms with van der Waals surface area (Å²) in [6, 6.07) is 1.96. The molecule has 0 fully saturated rings. The van der Waals surface area contributed by atoms with Crippen molar-refractivity contribution in [2.45, 2.75) is 19.6 Å². The maximum atomic E-state index is 12.7. The zero-order valence-corrected chi connectivity index (χ0v) is 12.0. The molecule has 3 rings (SSSR count). The van der Waals surface area contributed by atoms with E-state index in [9.17, 15) is 26.3 Å². The van der Waals surface area contributed by atoms with Gasteiger partial charge in [-0.1, -0.05) is 0 Å². The van der Waals surface area contributed by atoms with E-state index in [1.54, 1.807) is 0 Å². The molecule has 3 aromatic rings. The second-order valence-corrected chi connectivity index (χ2v) is 4.60. The van der Waals surface area contributed by atoms with Crippen LogP contribution in [0.2, 0.25) is 0 Å². The van der Waals surface area contributed by atoms with Crippen molar-refractivity contribution >= 4 is 11.2 Å². The molecule has 0 N–H and O–H groups in total. The van der Waals surface area contributed by atoms with Gasteiger partial charge < -0.3 is 4.74 Å². The molecule has 3 aromatic heterocycles. The third-order valence-electron chi connectivity index (χ3n) is 3.07. The third-order valence-corrected chi connectivity index (χ3v) is 3.07. The van der Waals surface area contributed by atoms with Gasteiger partial charge >= 0.3 is 13.2 Å². The number of aromatic nitrogens is 5. The van der Waals surface area contributed by atoms with Crippen LogP contribution in [0.3, 0.4) is 0 Å². The highest BCUT2D eigenvalue weighted by molar-refractivity contribution is 5.75. The number of rotatable bonds is 5. The first kappa shape index (κ1) is 16.9. The monoisotopic (exact) mass is 363 g/mol. The molecule has 25 heavy (non-hydrogen) atoms. The predicted molar refractivity (Wildman–Crippen MR) is 71.4 cm³/mol. The van der Waals surface area contributed by atoms with E-state index < -0.39 is 31.2 Å². The number of nitrogens with zero attached hydrogens (tertiary/aromatic N) is 5. The Hall–Kier alpha value is -2.92.